The molecule has 5 rings (SSSR count). The summed E-state index contributed by atoms with van der Waals surface area (Å²) in [5, 5.41) is 83.2. The normalized spacial score (nSPS) is 19.1. The van der Waals surface area contributed by atoms with Gasteiger partial charge in [-0.15, -0.1) is 0 Å². The van der Waals surface area contributed by atoms with E-state index in [0.717, 1.165) is 0 Å². The van der Waals surface area contributed by atoms with Gasteiger partial charge in [-0.05, 0) is 59.4 Å². The highest BCUT2D eigenvalue weighted by molar-refractivity contribution is 5.60. The number of hydrogen-bond acceptors (Lipinski definition) is 8. The highest BCUT2D eigenvalue weighted by Crippen LogP contribution is 2.58. The van der Waals surface area contributed by atoms with Crippen LogP contribution in [0.5, 0.6) is 46.0 Å². The van der Waals surface area contributed by atoms with Crippen molar-refractivity contribution in [1.29, 1.82) is 0 Å². The van der Waals surface area contributed by atoms with Crippen LogP contribution in [0, 0.1) is 0 Å². The number of phenolic OH excluding ortho intramolecular Hbond substituents is 8. The third-order valence-corrected chi connectivity index (χ3v) is 6.84. The second-order valence-electron chi connectivity index (χ2n) is 9.12. The molecule has 0 saturated carbocycles. The van der Waals surface area contributed by atoms with Crippen LogP contribution < -0.4 is 0 Å². The lowest BCUT2D eigenvalue weighted by molar-refractivity contribution is 0.383. The number of hydrogen-bond donors (Lipinski definition) is 8. The molecule has 0 spiro atoms. The molecule has 3 atom stereocenters. The van der Waals surface area contributed by atoms with Gasteiger partial charge in [0.05, 0.1) is 0 Å². The molecular formula is C28H24O8. The third-order valence-electron chi connectivity index (χ3n) is 6.84. The van der Waals surface area contributed by atoms with Gasteiger partial charge in [-0.2, -0.15) is 0 Å². The topological polar surface area (TPSA) is 162 Å². The first-order chi connectivity index (χ1) is 17.1. The molecule has 0 unspecified atom stereocenters. The molecule has 0 aromatic heterocycles. The van der Waals surface area contributed by atoms with Gasteiger partial charge < -0.3 is 40.9 Å². The fraction of sp³-hybridized carbons (Fsp3) is 0.143. The molecule has 0 amide bonds. The van der Waals surface area contributed by atoms with Crippen molar-refractivity contribution in [3.05, 3.63) is 94.5 Å². The van der Waals surface area contributed by atoms with Crippen LogP contribution in [0.4, 0.5) is 0 Å². The quantitative estimate of drug-likeness (QED) is 0.208. The maximum Gasteiger partial charge on any atom is 0.123 e. The van der Waals surface area contributed by atoms with E-state index in [-0.39, 0.29) is 52.4 Å². The average Bonchev–Trinajstić information content (AvgIpc) is 2.77. The van der Waals surface area contributed by atoms with Gasteiger partial charge in [-0.3, -0.25) is 0 Å². The molecule has 0 fully saturated rings. The summed E-state index contributed by atoms with van der Waals surface area (Å²) in [4.78, 5) is 0. The molecule has 8 nitrogen and oxygen atoms in total. The molecule has 1 aliphatic rings. The molecule has 4 aromatic rings. The van der Waals surface area contributed by atoms with Crippen molar-refractivity contribution in [1.82, 2.24) is 0 Å². The van der Waals surface area contributed by atoms with Gasteiger partial charge in [0, 0.05) is 47.2 Å². The van der Waals surface area contributed by atoms with Crippen LogP contribution in [-0.2, 0) is 6.42 Å². The highest BCUT2D eigenvalue weighted by Gasteiger charge is 2.43. The second kappa shape index (κ2) is 8.49. The number of fused-ring (bicyclic) bond motifs is 1. The molecule has 0 heterocycles. The van der Waals surface area contributed by atoms with Crippen molar-refractivity contribution in [2.24, 2.45) is 0 Å². The largest absolute Gasteiger partial charge is 0.508 e. The zero-order valence-corrected chi connectivity index (χ0v) is 18.9. The lowest BCUT2D eigenvalue weighted by Crippen LogP contribution is -2.28. The zero-order chi connectivity index (χ0) is 25.7. The predicted octanol–water partition coefficient (Wildman–Crippen LogP) is 4.59. The maximum atomic E-state index is 11.0. The van der Waals surface area contributed by atoms with Crippen LogP contribution in [0.1, 0.15) is 45.6 Å². The first kappa shape index (κ1) is 23.0. The summed E-state index contributed by atoms with van der Waals surface area (Å²) >= 11 is 0. The van der Waals surface area contributed by atoms with Crippen LogP contribution >= 0.6 is 0 Å². The summed E-state index contributed by atoms with van der Waals surface area (Å²) in [7, 11) is 0. The Labute approximate surface area is 205 Å². The SMILES string of the molecule is Oc1cc(O)cc([C@H]2[C@@H](c3ccc(O)cc3O)c3c(O)cc(O)cc3C[C@H]2c2ccc(O)cc2O)c1. The molecule has 0 radical (unpaired) electrons. The van der Waals surface area contributed by atoms with Gasteiger partial charge in [0.1, 0.15) is 46.0 Å². The zero-order valence-electron chi connectivity index (χ0n) is 18.9. The van der Waals surface area contributed by atoms with Crippen molar-refractivity contribution in [2.75, 3.05) is 0 Å². The Bertz CT molecular complexity index is 1460. The van der Waals surface area contributed by atoms with Crippen molar-refractivity contribution in [3.8, 4) is 46.0 Å². The van der Waals surface area contributed by atoms with Crippen molar-refractivity contribution >= 4 is 0 Å². The molecule has 184 valence electrons. The van der Waals surface area contributed by atoms with E-state index >= 15 is 0 Å². The Balaban J connectivity index is 1.86. The molecule has 8 heteroatoms. The van der Waals surface area contributed by atoms with E-state index in [9.17, 15) is 40.9 Å². The van der Waals surface area contributed by atoms with Gasteiger partial charge >= 0.3 is 0 Å². The average molecular weight is 488 g/mol. The first-order valence-electron chi connectivity index (χ1n) is 11.2. The Morgan fingerprint density at radius 2 is 1.03 bits per heavy atom. The van der Waals surface area contributed by atoms with Gasteiger partial charge in [-0.1, -0.05) is 12.1 Å². The molecule has 0 aliphatic heterocycles. The van der Waals surface area contributed by atoms with E-state index in [4.69, 9.17) is 0 Å². The number of rotatable bonds is 3. The van der Waals surface area contributed by atoms with Crippen molar-refractivity contribution < 1.29 is 40.9 Å². The predicted molar refractivity (Wildman–Crippen MR) is 130 cm³/mol. The highest BCUT2D eigenvalue weighted by atomic mass is 16.3. The Morgan fingerprint density at radius 3 is 1.61 bits per heavy atom. The van der Waals surface area contributed by atoms with Crippen molar-refractivity contribution in [2.45, 2.75) is 24.2 Å². The van der Waals surface area contributed by atoms with Gasteiger partial charge in [0.15, 0.2) is 0 Å². The Morgan fingerprint density at radius 1 is 0.500 bits per heavy atom. The summed E-state index contributed by atoms with van der Waals surface area (Å²) in [5.41, 5.74) is 2.21. The van der Waals surface area contributed by atoms with Crippen LogP contribution in [0.15, 0.2) is 66.7 Å². The second-order valence-corrected chi connectivity index (χ2v) is 9.12. The first-order valence-corrected chi connectivity index (χ1v) is 11.2. The minimum atomic E-state index is -0.797. The van der Waals surface area contributed by atoms with Gasteiger partial charge in [0.2, 0.25) is 0 Å². The van der Waals surface area contributed by atoms with E-state index in [1.165, 1.54) is 60.7 Å². The Kier molecular flexibility index (Phi) is 5.44. The van der Waals surface area contributed by atoms with E-state index in [2.05, 4.69) is 0 Å². The monoisotopic (exact) mass is 488 g/mol. The van der Waals surface area contributed by atoms with E-state index < -0.39 is 17.8 Å². The van der Waals surface area contributed by atoms with Crippen LogP contribution in [0.25, 0.3) is 0 Å². The standard InChI is InChI=1S/C28H24O8/c29-15-1-3-20(23(34)10-15)22-8-14-7-19(33)12-25(36)27(14)28(21-4-2-16(30)11-24(21)35)26(22)13-5-17(31)9-18(32)6-13/h1-7,9-12,22,26,28-36H,8H2/t22-,26+,28+/m0/s1. The molecule has 1 aliphatic carbocycles. The number of aromatic hydroxyl groups is 8. The molecular weight excluding hydrogens is 464 g/mol. The minimum Gasteiger partial charge on any atom is -0.508 e. The van der Waals surface area contributed by atoms with Crippen LogP contribution in [0.2, 0.25) is 0 Å². The summed E-state index contributed by atoms with van der Waals surface area (Å²) in [5.74, 6) is -3.54. The summed E-state index contributed by atoms with van der Waals surface area (Å²) in [6, 6.07) is 15.1. The minimum absolute atomic E-state index is 0.137. The molecule has 0 bridgehead atoms. The third kappa shape index (κ3) is 3.92. The molecule has 4 aromatic carbocycles. The molecule has 36 heavy (non-hydrogen) atoms. The lowest BCUT2D eigenvalue weighted by atomic mass is 9.62. The Hall–Kier alpha value is -4.72. The lowest BCUT2D eigenvalue weighted by Gasteiger charge is -2.41. The fourth-order valence-electron chi connectivity index (χ4n) is 5.51. The summed E-state index contributed by atoms with van der Waals surface area (Å²) in [6.07, 6.45) is 0.228. The van der Waals surface area contributed by atoms with E-state index in [1.54, 1.807) is 6.07 Å². The smallest absolute Gasteiger partial charge is 0.123 e. The number of benzene rings is 4. The fourth-order valence-corrected chi connectivity index (χ4v) is 5.51. The summed E-state index contributed by atoms with van der Waals surface area (Å²) in [6.45, 7) is 0. The van der Waals surface area contributed by atoms with Crippen LogP contribution in [0.3, 0.4) is 0 Å². The van der Waals surface area contributed by atoms with Gasteiger partial charge in [0.25, 0.3) is 0 Å². The van der Waals surface area contributed by atoms with E-state index in [1.807, 2.05) is 0 Å². The molecule has 8 N–H and O–H groups in total. The van der Waals surface area contributed by atoms with Crippen LogP contribution in [-0.4, -0.2) is 40.9 Å². The van der Waals surface area contributed by atoms with E-state index in [0.29, 0.717) is 27.8 Å². The number of phenols is 8. The van der Waals surface area contributed by atoms with Gasteiger partial charge in [-0.25, -0.2) is 0 Å². The molecule has 0 saturated heterocycles. The maximum absolute atomic E-state index is 11.0. The summed E-state index contributed by atoms with van der Waals surface area (Å²) < 4.78 is 0. The van der Waals surface area contributed by atoms with Crippen molar-refractivity contribution in [3.63, 3.8) is 0 Å².